The summed E-state index contributed by atoms with van der Waals surface area (Å²) in [7, 11) is 0. The van der Waals surface area contributed by atoms with Crippen LogP contribution < -0.4 is 5.32 Å². The molecule has 0 aliphatic rings. The van der Waals surface area contributed by atoms with E-state index in [2.05, 4.69) is 26.3 Å². The lowest BCUT2D eigenvalue weighted by atomic mass is 10.2. The molecule has 1 aromatic carbocycles. The predicted octanol–water partition coefficient (Wildman–Crippen LogP) is 3.55. The lowest BCUT2D eigenvalue weighted by Gasteiger charge is -2.09. The number of hydrogen-bond acceptors (Lipinski definition) is 2. The smallest absolute Gasteiger partial charge is 0.246 e. The van der Waals surface area contributed by atoms with Crippen LogP contribution in [-0.4, -0.2) is 15.7 Å². The summed E-state index contributed by atoms with van der Waals surface area (Å²) in [5.74, 6) is -0.135. The summed E-state index contributed by atoms with van der Waals surface area (Å²) in [5, 5.41) is 7.55. The van der Waals surface area contributed by atoms with Crippen molar-refractivity contribution in [1.29, 1.82) is 0 Å². The molecule has 6 heteroatoms. The van der Waals surface area contributed by atoms with Crippen LogP contribution in [0.1, 0.15) is 11.3 Å². The van der Waals surface area contributed by atoms with Gasteiger partial charge in [-0.2, -0.15) is 5.10 Å². The van der Waals surface area contributed by atoms with Gasteiger partial charge < -0.3 is 5.32 Å². The molecule has 1 heterocycles. The largest absolute Gasteiger partial charge is 0.324 e. The van der Waals surface area contributed by atoms with Gasteiger partial charge in [0.05, 0.1) is 16.4 Å². The summed E-state index contributed by atoms with van der Waals surface area (Å²) in [6.45, 7) is 3.99. The Labute approximate surface area is 124 Å². The molecule has 1 amide bonds. The minimum atomic E-state index is -0.135. The summed E-state index contributed by atoms with van der Waals surface area (Å²) < 4.78 is 2.53. The number of hydrogen-bond donors (Lipinski definition) is 1. The van der Waals surface area contributed by atoms with Crippen molar-refractivity contribution in [2.45, 2.75) is 20.4 Å². The SMILES string of the molecule is Cc1ccc(Cl)cc1NC(=O)Cn1ncc(Br)c1C. The Kier molecular flexibility index (Phi) is 4.27. The normalized spacial score (nSPS) is 10.5. The van der Waals surface area contributed by atoms with Crippen LogP contribution in [0.25, 0.3) is 0 Å². The van der Waals surface area contributed by atoms with Crippen LogP contribution in [-0.2, 0) is 11.3 Å². The molecule has 0 radical (unpaired) electrons. The summed E-state index contributed by atoms with van der Waals surface area (Å²) >= 11 is 9.28. The van der Waals surface area contributed by atoms with E-state index in [9.17, 15) is 4.79 Å². The Hall–Kier alpha value is -1.33. The molecule has 0 saturated carbocycles. The maximum Gasteiger partial charge on any atom is 0.246 e. The van der Waals surface area contributed by atoms with Gasteiger partial charge in [0.25, 0.3) is 0 Å². The maximum absolute atomic E-state index is 12.0. The molecule has 1 N–H and O–H groups in total. The van der Waals surface area contributed by atoms with E-state index in [4.69, 9.17) is 11.6 Å². The summed E-state index contributed by atoms with van der Waals surface area (Å²) in [4.78, 5) is 12.0. The van der Waals surface area contributed by atoms with E-state index in [1.807, 2.05) is 19.9 Å². The van der Waals surface area contributed by atoms with Crippen LogP contribution in [0.2, 0.25) is 5.02 Å². The molecular weight excluding hydrogens is 330 g/mol. The number of carbonyl (C=O) groups excluding carboxylic acids is 1. The van der Waals surface area contributed by atoms with Gasteiger partial charge in [-0.05, 0) is 47.5 Å². The Morgan fingerprint density at radius 1 is 1.47 bits per heavy atom. The number of nitrogens with one attached hydrogen (secondary N) is 1. The van der Waals surface area contributed by atoms with Gasteiger partial charge in [-0.25, -0.2) is 0 Å². The first-order valence-corrected chi connectivity index (χ1v) is 6.88. The molecule has 4 nitrogen and oxygen atoms in total. The molecule has 2 rings (SSSR count). The molecule has 0 fully saturated rings. The third-order valence-corrected chi connectivity index (χ3v) is 3.82. The van der Waals surface area contributed by atoms with Gasteiger partial charge in [0.1, 0.15) is 6.54 Å². The number of aromatic nitrogens is 2. The molecule has 19 heavy (non-hydrogen) atoms. The molecule has 100 valence electrons. The highest BCUT2D eigenvalue weighted by molar-refractivity contribution is 9.10. The van der Waals surface area contributed by atoms with Crippen LogP contribution in [0, 0.1) is 13.8 Å². The Bertz CT molecular complexity index is 624. The number of anilines is 1. The zero-order chi connectivity index (χ0) is 14.0. The third kappa shape index (κ3) is 3.36. The highest BCUT2D eigenvalue weighted by Gasteiger charge is 2.10. The minimum absolute atomic E-state index is 0.135. The van der Waals surface area contributed by atoms with Gasteiger partial charge in [-0.15, -0.1) is 0 Å². The third-order valence-electron chi connectivity index (χ3n) is 2.81. The van der Waals surface area contributed by atoms with E-state index in [0.29, 0.717) is 5.02 Å². The number of benzene rings is 1. The van der Waals surface area contributed by atoms with Crippen LogP contribution in [0.3, 0.4) is 0 Å². The zero-order valence-electron chi connectivity index (χ0n) is 10.6. The minimum Gasteiger partial charge on any atom is -0.324 e. The Morgan fingerprint density at radius 3 is 2.84 bits per heavy atom. The van der Waals surface area contributed by atoms with Crippen molar-refractivity contribution >= 4 is 39.1 Å². The molecule has 0 aliphatic carbocycles. The van der Waals surface area contributed by atoms with Crippen LogP contribution in [0.5, 0.6) is 0 Å². The van der Waals surface area contributed by atoms with Gasteiger partial charge >= 0.3 is 0 Å². The van der Waals surface area contributed by atoms with E-state index in [0.717, 1.165) is 21.4 Å². The highest BCUT2D eigenvalue weighted by Crippen LogP contribution is 2.20. The first kappa shape index (κ1) is 14.1. The van der Waals surface area contributed by atoms with Crippen molar-refractivity contribution < 1.29 is 4.79 Å². The molecule has 2 aromatic rings. The quantitative estimate of drug-likeness (QED) is 0.927. The van der Waals surface area contributed by atoms with Crippen molar-refractivity contribution in [2.75, 3.05) is 5.32 Å². The molecule has 0 aliphatic heterocycles. The average molecular weight is 343 g/mol. The zero-order valence-corrected chi connectivity index (χ0v) is 12.9. The number of carbonyl (C=O) groups is 1. The lowest BCUT2D eigenvalue weighted by molar-refractivity contribution is -0.116. The van der Waals surface area contributed by atoms with Gasteiger partial charge in [0.2, 0.25) is 5.91 Å². The number of amides is 1. The summed E-state index contributed by atoms with van der Waals surface area (Å²) in [6, 6.07) is 5.40. The Morgan fingerprint density at radius 2 is 2.21 bits per heavy atom. The average Bonchev–Trinajstić information content (AvgIpc) is 2.66. The monoisotopic (exact) mass is 341 g/mol. The topological polar surface area (TPSA) is 46.9 Å². The second kappa shape index (κ2) is 5.75. The van der Waals surface area contributed by atoms with E-state index in [1.54, 1.807) is 23.0 Å². The molecule has 0 bridgehead atoms. The molecule has 1 aromatic heterocycles. The molecule has 0 spiro atoms. The van der Waals surface area contributed by atoms with Gasteiger partial charge in [-0.3, -0.25) is 9.48 Å². The van der Waals surface area contributed by atoms with Crippen molar-refractivity contribution in [2.24, 2.45) is 0 Å². The number of rotatable bonds is 3. The standard InChI is InChI=1S/C13H13BrClN3O/c1-8-3-4-10(15)5-12(8)17-13(19)7-18-9(2)11(14)6-16-18/h3-6H,7H2,1-2H3,(H,17,19). The second-order valence-electron chi connectivity index (χ2n) is 4.24. The molecule has 0 atom stereocenters. The Balaban J connectivity index is 2.09. The molecule has 0 saturated heterocycles. The van der Waals surface area contributed by atoms with Crippen molar-refractivity contribution in [3.8, 4) is 0 Å². The number of nitrogens with zero attached hydrogens (tertiary/aromatic N) is 2. The van der Waals surface area contributed by atoms with Crippen molar-refractivity contribution in [3.05, 3.63) is 45.1 Å². The fourth-order valence-corrected chi connectivity index (χ4v) is 2.11. The maximum atomic E-state index is 12.0. The lowest BCUT2D eigenvalue weighted by Crippen LogP contribution is -2.20. The molecule has 0 unspecified atom stereocenters. The van der Waals surface area contributed by atoms with Gasteiger partial charge in [-0.1, -0.05) is 17.7 Å². The number of aryl methyl sites for hydroxylation is 1. The summed E-state index contributed by atoms with van der Waals surface area (Å²) in [5.41, 5.74) is 2.61. The van der Waals surface area contributed by atoms with E-state index < -0.39 is 0 Å². The van der Waals surface area contributed by atoms with E-state index >= 15 is 0 Å². The first-order valence-electron chi connectivity index (χ1n) is 5.71. The van der Waals surface area contributed by atoms with Crippen LogP contribution in [0.4, 0.5) is 5.69 Å². The van der Waals surface area contributed by atoms with E-state index in [-0.39, 0.29) is 12.5 Å². The van der Waals surface area contributed by atoms with Gasteiger partial charge in [0, 0.05) is 10.7 Å². The van der Waals surface area contributed by atoms with E-state index in [1.165, 1.54) is 0 Å². The number of halogens is 2. The first-order chi connectivity index (χ1) is 8.97. The predicted molar refractivity (Wildman–Crippen MR) is 79.5 cm³/mol. The fourth-order valence-electron chi connectivity index (χ4n) is 1.64. The molecular formula is C13H13BrClN3O. The highest BCUT2D eigenvalue weighted by atomic mass is 79.9. The van der Waals surface area contributed by atoms with Crippen molar-refractivity contribution in [3.63, 3.8) is 0 Å². The summed E-state index contributed by atoms with van der Waals surface area (Å²) in [6.07, 6.45) is 1.67. The second-order valence-corrected chi connectivity index (χ2v) is 5.53. The van der Waals surface area contributed by atoms with Crippen LogP contribution >= 0.6 is 27.5 Å². The van der Waals surface area contributed by atoms with Gasteiger partial charge in [0.15, 0.2) is 0 Å². The fraction of sp³-hybridized carbons (Fsp3) is 0.231. The van der Waals surface area contributed by atoms with Crippen molar-refractivity contribution in [1.82, 2.24) is 9.78 Å². The van der Waals surface area contributed by atoms with Crippen LogP contribution in [0.15, 0.2) is 28.9 Å².